The summed E-state index contributed by atoms with van der Waals surface area (Å²) in [6.45, 7) is 0. The Balaban J connectivity index is 1.90. The predicted octanol–water partition coefficient (Wildman–Crippen LogP) is 3.26. The highest BCUT2D eigenvalue weighted by molar-refractivity contribution is 5.95. The van der Waals surface area contributed by atoms with Crippen molar-refractivity contribution in [3.05, 3.63) is 48.0 Å². The van der Waals surface area contributed by atoms with Crippen LogP contribution in [0, 0.1) is 5.92 Å². The molecule has 1 fully saturated rings. The first-order valence-electron chi connectivity index (χ1n) is 9.41. The molecule has 29 heavy (non-hydrogen) atoms. The van der Waals surface area contributed by atoms with Gasteiger partial charge in [-0.2, -0.15) is 0 Å². The van der Waals surface area contributed by atoms with Crippen LogP contribution in [0.1, 0.15) is 24.4 Å². The Hall–Kier alpha value is -3.22. The van der Waals surface area contributed by atoms with E-state index in [2.05, 4.69) is 5.32 Å². The van der Waals surface area contributed by atoms with Crippen molar-refractivity contribution in [1.82, 2.24) is 4.90 Å². The molecule has 0 bridgehead atoms. The molecule has 0 aliphatic carbocycles. The van der Waals surface area contributed by atoms with Gasteiger partial charge in [0.1, 0.15) is 0 Å². The van der Waals surface area contributed by atoms with Crippen molar-refractivity contribution < 1.29 is 23.8 Å². The summed E-state index contributed by atoms with van der Waals surface area (Å²) in [7, 11) is 6.32. The number of hydrogen-bond acceptors (Lipinski definition) is 5. The lowest BCUT2D eigenvalue weighted by molar-refractivity contribution is -0.140. The molecule has 3 rings (SSSR count). The number of likely N-dealkylation sites (tertiary alicyclic amines) is 1. The second-order valence-corrected chi connectivity index (χ2v) is 6.91. The van der Waals surface area contributed by atoms with Crippen molar-refractivity contribution in [2.24, 2.45) is 5.92 Å². The van der Waals surface area contributed by atoms with E-state index >= 15 is 0 Å². The fraction of sp³-hybridized carbons (Fsp3) is 0.364. The zero-order chi connectivity index (χ0) is 21.0. The van der Waals surface area contributed by atoms with E-state index in [4.69, 9.17) is 14.2 Å². The SMILES string of the molecule is COc1cc(NC(=O)[C@@H]2CCC(=O)N(C)[C@@H]2c2ccccc2)cc(OC)c1OC. The minimum atomic E-state index is -0.376. The first-order chi connectivity index (χ1) is 14.0. The second-order valence-electron chi connectivity index (χ2n) is 6.91. The molecule has 0 spiro atoms. The molecule has 1 heterocycles. The maximum Gasteiger partial charge on any atom is 0.229 e. The van der Waals surface area contributed by atoms with Gasteiger partial charge in [-0.05, 0) is 12.0 Å². The zero-order valence-electron chi connectivity index (χ0n) is 17.1. The van der Waals surface area contributed by atoms with Gasteiger partial charge in [-0.1, -0.05) is 30.3 Å². The smallest absolute Gasteiger partial charge is 0.229 e. The number of benzene rings is 2. The fourth-order valence-electron chi connectivity index (χ4n) is 3.81. The van der Waals surface area contributed by atoms with E-state index in [1.165, 1.54) is 21.3 Å². The molecule has 0 unspecified atom stereocenters. The minimum absolute atomic E-state index is 0.0377. The van der Waals surface area contributed by atoms with Crippen LogP contribution in [0.2, 0.25) is 0 Å². The molecule has 0 saturated carbocycles. The van der Waals surface area contributed by atoms with Gasteiger partial charge >= 0.3 is 0 Å². The van der Waals surface area contributed by atoms with Crippen molar-refractivity contribution in [2.45, 2.75) is 18.9 Å². The van der Waals surface area contributed by atoms with E-state index in [1.807, 2.05) is 30.3 Å². The summed E-state index contributed by atoms with van der Waals surface area (Å²) in [6, 6.07) is 12.7. The molecule has 0 aromatic heterocycles. The van der Waals surface area contributed by atoms with Crippen LogP contribution < -0.4 is 19.5 Å². The van der Waals surface area contributed by atoms with Gasteiger partial charge in [0.05, 0.1) is 33.3 Å². The van der Waals surface area contributed by atoms with Crippen LogP contribution in [-0.4, -0.2) is 45.1 Å². The molecule has 0 radical (unpaired) electrons. The van der Waals surface area contributed by atoms with E-state index in [1.54, 1.807) is 24.1 Å². The summed E-state index contributed by atoms with van der Waals surface area (Å²) in [4.78, 5) is 27.1. The topological polar surface area (TPSA) is 77.1 Å². The molecular formula is C22H26N2O5. The number of amides is 2. The Morgan fingerprint density at radius 1 is 1.03 bits per heavy atom. The Labute approximate surface area is 170 Å². The molecule has 1 aliphatic rings. The summed E-state index contributed by atoms with van der Waals surface area (Å²) in [6.07, 6.45) is 0.826. The average Bonchev–Trinajstić information content (AvgIpc) is 2.75. The number of anilines is 1. The number of piperidine rings is 1. The highest BCUT2D eigenvalue weighted by Crippen LogP contribution is 2.41. The van der Waals surface area contributed by atoms with Crippen LogP contribution in [0.4, 0.5) is 5.69 Å². The van der Waals surface area contributed by atoms with Crippen LogP contribution in [-0.2, 0) is 9.59 Å². The number of methoxy groups -OCH3 is 3. The monoisotopic (exact) mass is 398 g/mol. The van der Waals surface area contributed by atoms with E-state index in [-0.39, 0.29) is 23.8 Å². The third-order valence-corrected chi connectivity index (χ3v) is 5.27. The van der Waals surface area contributed by atoms with Gasteiger partial charge in [-0.25, -0.2) is 0 Å². The van der Waals surface area contributed by atoms with Crippen molar-refractivity contribution in [3.63, 3.8) is 0 Å². The molecule has 2 atom stereocenters. The summed E-state index contributed by atoms with van der Waals surface area (Å²) < 4.78 is 16.0. The van der Waals surface area contributed by atoms with Gasteiger partial charge < -0.3 is 24.4 Å². The summed E-state index contributed by atoms with van der Waals surface area (Å²) in [5, 5.41) is 2.96. The third-order valence-electron chi connectivity index (χ3n) is 5.27. The van der Waals surface area contributed by atoms with Gasteiger partial charge in [0.25, 0.3) is 0 Å². The van der Waals surface area contributed by atoms with E-state index in [0.29, 0.717) is 35.8 Å². The molecule has 1 aliphatic heterocycles. The van der Waals surface area contributed by atoms with Gasteiger partial charge in [-0.3, -0.25) is 9.59 Å². The largest absolute Gasteiger partial charge is 0.493 e. The number of hydrogen-bond donors (Lipinski definition) is 1. The summed E-state index contributed by atoms with van der Waals surface area (Å²) >= 11 is 0. The lowest BCUT2D eigenvalue weighted by Gasteiger charge is -2.38. The zero-order valence-corrected chi connectivity index (χ0v) is 17.1. The molecule has 2 amide bonds. The predicted molar refractivity (Wildman–Crippen MR) is 109 cm³/mol. The standard InChI is InChI=1S/C22H26N2O5/c1-24-19(25)11-10-16(20(24)14-8-6-5-7-9-14)22(26)23-15-12-17(27-2)21(29-4)18(13-15)28-3/h5-9,12-13,16,20H,10-11H2,1-4H3,(H,23,26)/t16-,20-/m1/s1. The number of ether oxygens (including phenoxy) is 3. The van der Waals surface area contributed by atoms with Crippen LogP contribution in [0.3, 0.4) is 0 Å². The van der Waals surface area contributed by atoms with Crippen molar-refractivity contribution in [1.29, 1.82) is 0 Å². The lowest BCUT2D eigenvalue weighted by atomic mass is 9.84. The molecule has 154 valence electrons. The summed E-state index contributed by atoms with van der Waals surface area (Å²) in [5.74, 6) is 0.871. The fourth-order valence-corrected chi connectivity index (χ4v) is 3.81. The van der Waals surface area contributed by atoms with Crippen LogP contribution in [0.15, 0.2) is 42.5 Å². The minimum Gasteiger partial charge on any atom is -0.493 e. The van der Waals surface area contributed by atoms with Crippen LogP contribution in [0.25, 0.3) is 0 Å². The third kappa shape index (κ3) is 4.13. The molecule has 2 aromatic carbocycles. The normalized spacial score (nSPS) is 18.9. The molecule has 7 heteroatoms. The molecule has 7 nitrogen and oxygen atoms in total. The Kier molecular flexibility index (Phi) is 6.26. The van der Waals surface area contributed by atoms with Crippen molar-refractivity contribution >= 4 is 17.5 Å². The Morgan fingerprint density at radius 2 is 1.66 bits per heavy atom. The lowest BCUT2D eigenvalue weighted by Crippen LogP contribution is -2.44. The number of carbonyl (C=O) groups is 2. The summed E-state index contributed by atoms with van der Waals surface area (Å²) in [5.41, 5.74) is 1.48. The maximum atomic E-state index is 13.2. The number of carbonyl (C=O) groups excluding carboxylic acids is 2. The highest BCUT2D eigenvalue weighted by Gasteiger charge is 2.38. The number of nitrogens with one attached hydrogen (secondary N) is 1. The molecule has 1 saturated heterocycles. The first-order valence-corrected chi connectivity index (χ1v) is 9.41. The van der Waals surface area contributed by atoms with Crippen LogP contribution in [0.5, 0.6) is 17.2 Å². The molecular weight excluding hydrogens is 372 g/mol. The highest BCUT2D eigenvalue weighted by atomic mass is 16.5. The van der Waals surface area contributed by atoms with E-state index < -0.39 is 0 Å². The first kappa shape index (κ1) is 20.5. The average molecular weight is 398 g/mol. The number of nitrogens with zero attached hydrogens (tertiary/aromatic N) is 1. The van der Waals surface area contributed by atoms with Gasteiger partial charge in [-0.15, -0.1) is 0 Å². The quantitative estimate of drug-likeness (QED) is 0.808. The van der Waals surface area contributed by atoms with Gasteiger partial charge in [0, 0.05) is 31.3 Å². The second kappa shape index (κ2) is 8.86. The van der Waals surface area contributed by atoms with E-state index in [9.17, 15) is 9.59 Å². The molecule has 1 N–H and O–H groups in total. The molecule has 2 aromatic rings. The van der Waals surface area contributed by atoms with Crippen molar-refractivity contribution in [2.75, 3.05) is 33.7 Å². The Morgan fingerprint density at radius 3 is 2.21 bits per heavy atom. The van der Waals surface area contributed by atoms with Gasteiger partial charge in [0.2, 0.25) is 17.6 Å². The number of rotatable bonds is 6. The van der Waals surface area contributed by atoms with Crippen LogP contribution >= 0.6 is 0 Å². The van der Waals surface area contributed by atoms with Gasteiger partial charge in [0.15, 0.2) is 11.5 Å². The Bertz CT molecular complexity index is 859. The van der Waals surface area contributed by atoms with E-state index in [0.717, 1.165) is 5.56 Å². The maximum absolute atomic E-state index is 13.2. The van der Waals surface area contributed by atoms with Crippen molar-refractivity contribution in [3.8, 4) is 17.2 Å².